The van der Waals surface area contributed by atoms with Crippen LogP contribution in [0, 0.1) is 37.4 Å². The topological polar surface area (TPSA) is 102 Å². The van der Waals surface area contributed by atoms with E-state index in [9.17, 15) is 31.9 Å². The van der Waals surface area contributed by atoms with Gasteiger partial charge < -0.3 is 24.7 Å². The molecule has 0 saturated carbocycles. The number of hydrogen-bond acceptors (Lipinski definition) is 5. The second-order valence-corrected chi connectivity index (χ2v) is 11.0. The fourth-order valence-electron chi connectivity index (χ4n) is 4.27. The highest BCUT2D eigenvalue weighted by Crippen LogP contribution is 2.39. The van der Waals surface area contributed by atoms with E-state index in [4.69, 9.17) is 15.9 Å². The van der Waals surface area contributed by atoms with Crippen LogP contribution in [0.5, 0.6) is 0 Å². The van der Waals surface area contributed by atoms with Crippen LogP contribution in [0.1, 0.15) is 65.4 Å². The number of halogens is 4. The Balaban J connectivity index is 1.78. The Morgan fingerprint density at radius 2 is 1.77 bits per heavy atom. The number of hydrogen-bond donors (Lipinski definition) is 2. The van der Waals surface area contributed by atoms with E-state index in [1.807, 2.05) is 20.8 Å². The van der Waals surface area contributed by atoms with E-state index in [2.05, 4.69) is 16.6 Å². The minimum absolute atomic E-state index is 0.0705. The summed E-state index contributed by atoms with van der Waals surface area (Å²) in [6.07, 6.45) is 0.0259. The van der Waals surface area contributed by atoms with Crippen molar-refractivity contribution in [3.63, 3.8) is 0 Å². The maximum Gasteiger partial charge on any atom is 0.419 e. The van der Waals surface area contributed by atoms with Gasteiger partial charge in [-0.05, 0) is 49.9 Å². The Bertz CT molecular complexity index is 1400. The number of ether oxygens (including phenoxy) is 2. The fraction of sp³-hybridized carbons (Fsp3) is 0.464. The Morgan fingerprint density at radius 3 is 2.30 bits per heavy atom. The van der Waals surface area contributed by atoms with Gasteiger partial charge in [-0.25, -0.2) is 4.39 Å². The minimum atomic E-state index is -4.97. The van der Waals surface area contributed by atoms with Gasteiger partial charge in [-0.2, -0.15) is 13.2 Å². The molecule has 2 aromatic rings. The van der Waals surface area contributed by atoms with Gasteiger partial charge in [-0.15, -0.1) is 6.42 Å². The van der Waals surface area contributed by atoms with Crippen LogP contribution in [0.15, 0.2) is 18.2 Å². The predicted molar refractivity (Wildman–Crippen MR) is 138 cm³/mol. The molecule has 2 unspecified atom stereocenters. The van der Waals surface area contributed by atoms with E-state index < -0.39 is 47.0 Å². The molecule has 12 heteroatoms. The summed E-state index contributed by atoms with van der Waals surface area (Å²) in [4.78, 5) is 39.2. The number of terminal acetylenes is 1. The van der Waals surface area contributed by atoms with Crippen molar-refractivity contribution >= 4 is 23.3 Å². The number of Topliss-reactive ketones (excluding diaryl/α,β-unsaturated/α-hetero) is 1. The lowest BCUT2D eigenvalue weighted by atomic mass is 9.92. The van der Waals surface area contributed by atoms with Gasteiger partial charge in [0.05, 0.1) is 17.7 Å². The van der Waals surface area contributed by atoms with Crippen LogP contribution in [0.25, 0.3) is 0 Å². The molecule has 1 fully saturated rings. The van der Waals surface area contributed by atoms with Crippen LogP contribution >= 0.6 is 0 Å². The zero-order valence-corrected chi connectivity index (χ0v) is 23.2. The lowest BCUT2D eigenvalue weighted by molar-refractivity contribution is -0.140. The third-order valence-electron chi connectivity index (χ3n) is 6.66. The largest absolute Gasteiger partial charge is 0.419 e. The standard InChI is InChI=1S/C28H31F4N3O5/c1-9-27(7,13-39-25-22(40-25)26(4,5)6)34-24(38)21(36)19-14(2)20(35(8)15(19)3)23(37)33-16-10-11-18(29)17(12-16)28(30,31)32/h1,10-12,22,25H,13H2,2-8H3,(H,33,37)(H,34,38)/t22?,25?,27-/m1/s1. The summed E-state index contributed by atoms with van der Waals surface area (Å²) in [5, 5.41) is 4.79. The van der Waals surface area contributed by atoms with Gasteiger partial charge in [0.25, 0.3) is 17.6 Å². The molecule has 2 N–H and O–H groups in total. The van der Waals surface area contributed by atoms with Crippen molar-refractivity contribution in [2.45, 2.75) is 65.7 Å². The predicted octanol–water partition coefficient (Wildman–Crippen LogP) is 4.53. The molecule has 8 nitrogen and oxygen atoms in total. The number of carbonyl (C=O) groups excluding carboxylic acids is 3. The van der Waals surface area contributed by atoms with E-state index >= 15 is 0 Å². The second kappa shape index (κ2) is 10.7. The molecular formula is C28H31F4N3O5. The van der Waals surface area contributed by atoms with Crippen molar-refractivity contribution < 1.29 is 41.4 Å². The Hall–Kier alpha value is -3.69. The summed E-state index contributed by atoms with van der Waals surface area (Å²) in [5.41, 5.74) is -3.12. The summed E-state index contributed by atoms with van der Waals surface area (Å²) < 4.78 is 65.4. The van der Waals surface area contributed by atoms with E-state index in [1.54, 1.807) is 0 Å². The molecule has 0 bridgehead atoms. The number of aromatic nitrogens is 1. The van der Waals surface area contributed by atoms with Crippen molar-refractivity contribution in [1.29, 1.82) is 0 Å². The van der Waals surface area contributed by atoms with Gasteiger partial charge in [0.1, 0.15) is 23.2 Å². The number of anilines is 1. The second-order valence-electron chi connectivity index (χ2n) is 11.0. The zero-order chi connectivity index (χ0) is 30.4. The van der Waals surface area contributed by atoms with E-state index in [-0.39, 0.29) is 46.3 Å². The average Bonchev–Trinajstić information content (AvgIpc) is 3.60. The van der Waals surface area contributed by atoms with Crippen LogP contribution in [-0.2, 0) is 27.5 Å². The maximum atomic E-state index is 13.6. The molecule has 216 valence electrons. The summed E-state index contributed by atoms with van der Waals surface area (Å²) in [6.45, 7) is 10.3. The Kier molecular flexibility index (Phi) is 8.26. The quantitative estimate of drug-likeness (QED) is 0.161. The molecule has 40 heavy (non-hydrogen) atoms. The first-order chi connectivity index (χ1) is 18.3. The van der Waals surface area contributed by atoms with E-state index in [0.29, 0.717) is 12.1 Å². The van der Waals surface area contributed by atoms with Gasteiger partial charge in [-0.1, -0.05) is 26.7 Å². The van der Waals surface area contributed by atoms with Gasteiger partial charge in [0.15, 0.2) is 6.29 Å². The Labute approximate surface area is 229 Å². The summed E-state index contributed by atoms with van der Waals surface area (Å²) in [6, 6.07) is 2.04. The average molecular weight is 566 g/mol. The SMILES string of the molecule is C#C[C@](C)(COC1OC1C(C)(C)C)NC(=O)C(=O)c1c(C)c(C(=O)Nc2ccc(F)c(C(F)(F)F)c2)n(C)c1C. The Morgan fingerprint density at radius 1 is 1.15 bits per heavy atom. The number of nitrogens with one attached hydrogen (secondary N) is 2. The highest BCUT2D eigenvalue weighted by atomic mass is 19.4. The van der Waals surface area contributed by atoms with Crippen molar-refractivity contribution in [1.82, 2.24) is 9.88 Å². The third-order valence-corrected chi connectivity index (χ3v) is 6.66. The van der Waals surface area contributed by atoms with E-state index in [0.717, 1.165) is 6.07 Å². The lowest BCUT2D eigenvalue weighted by Gasteiger charge is -2.24. The van der Waals surface area contributed by atoms with Crippen LogP contribution in [-0.4, -0.2) is 46.7 Å². The molecule has 0 aliphatic carbocycles. The molecule has 2 heterocycles. The smallest absolute Gasteiger partial charge is 0.346 e. The first-order valence-corrected chi connectivity index (χ1v) is 12.3. The lowest BCUT2D eigenvalue weighted by Crippen LogP contribution is -2.51. The molecule has 0 spiro atoms. The van der Waals surface area contributed by atoms with Gasteiger partial charge in [-0.3, -0.25) is 14.4 Å². The molecule has 1 saturated heterocycles. The number of amides is 2. The first-order valence-electron chi connectivity index (χ1n) is 12.3. The van der Waals surface area contributed by atoms with Crippen LogP contribution in [0.4, 0.5) is 23.2 Å². The molecule has 0 radical (unpaired) electrons. The monoisotopic (exact) mass is 565 g/mol. The normalized spacial score (nSPS) is 18.4. The number of benzene rings is 1. The van der Waals surface area contributed by atoms with Crippen LogP contribution in [0.2, 0.25) is 0 Å². The molecule has 1 aromatic heterocycles. The zero-order valence-electron chi connectivity index (χ0n) is 23.2. The van der Waals surface area contributed by atoms with Gasteiger partial charge >= 0.3 is 6.18 Å². The number of epoxide rings is 1. The van der Waals surface area contributed by atoms with Crippen molar-refractivity contribution in [2.75, 3.05) is 11.9 Å². The highest BCUT2D eigenvalue weighted by Gasteiger charge is 2.49. The van der Waals surface area contributed by atoms with Crippen LogP contribution in [0.3, 0.4) is 0 Å². The molecule has 1 aliphatic rings. The first kappa shape index (κ1) is 30.8. The fourth-order valence-corrected chi connectivity index (χ4v) is 4.27. The molecule has 3 atom stereocenters. The maximum absolute atomic E-state index is 13.6. The molecule has 2 amide bonds. The number of alkyl halides is 3. The molecule has 1 aromatic carbocycles. The third kappa shape index (κ3) is 6.37. The van der Waals surface area contributed by atoms with Gasteiger partial charge in [0, 0.05) is 18.4 Å². The molecule has 3 rings (SSSR count). The molecular weight excluding hydrogens is 534 g/mol. The molecule has 1 aliphatic heterocycles. The number of carbonyl (C=O) groups is 3. The van der Waals surface area contributed by atoms with Crippen molar-refractivity contribution in [3.05, 3.63) is 52.1 Å². The minimum Gasteiger partial charge on any atom is -0.346 e. The van der Waals surface area contributed by atoms with Gasteiger partial charge in [0.2, 0.25) is 0 Å². The number of ketones is 1. The number of rotatable bonds is 8. The summed E-state index contributed by atoms with van der Waals surface area (Å²) >= 11 is 0. The summed E-state index contributed by atoms with van der Waals surface area (Å²) in [7, 11) is 1.46. The number of nitrogens with zero attached hydrogens (tertiary/aromatic N) is 1. The summed E-state index contributed by atoms with van der Waals surface area (Å²) in [5.74, 6) is -1.93. The highest BCUT2D eigenvalue weighted by molar-refractivity contribution is 6.44. The van der Waals surface area contributed by atoms with E-state index in [1.165, 1.54) is 32.4 Å². The van der Waals surface area contributed by atoms with Crippen LogP contribution < -0.4 is 10.6 Å². The van der Waals surface area contributed by atoms with Crippen molar-refractivity contribution in [3.8, 4) is 12.3 Å². The van der Waals surface area contributed by atoms with Crippen molar-refractivity contribution in [2.24, 2.45) is 12.5 Å².